The molecule has 1 rings (SSSR count). The predicted octanol–water partition coefficient (Wildman–Crippen LogP) is 1.73. The van der Waals surface area contributed by atoms with Crippen molar-refractivity contribution in [2.24, 2.45) is 0 Å². The molecule has 4 nitrogen and oxygen atoms in total. The molecule has 15 heavy (non-hydrogen) atoms. The molecule has 0 saturated carbocycles. The van der Waals surface area contributed by atoms with Crippen LogP contribution in [0, 0.1) is 0 Å². The fraction of sp³-hybridized carbons (Fsp3) is 0.625. The monoisotopic (exact) mass is 224 g/mol. The second kappa shape index (κ2) is 5.01. The normalized spacial score (nSPS) is 11.7. The molecule has 0 aliphatic carbocycles. The van der Waals surface area contributed by atoms with E-state index in [9.17, 15) is 13.2 Å². The van der Waals surface area contributed by atoms with E-state index in [2.05, 4.69) is 19.5 Å². The van der Waals surface area contributed by atoms with Crippen LogP contribution in [-0.4, -0.2) is 24.3 Å². The molecule has 0 atom stereocenters. The highest BCUT2D eigenvalue weighted by atomic mass is 19.4. The Morgan fingerprint density at radius 2 is 2.27 bits per heavy atom. The first-order valence-corrected chi connectivity index (χ1v) is 4.36. The Kier molecular flexibility index (Phi) is 3.96. The zero-order valence-electron chi connectivity index (χ0n) is 8.10. The minimum absolute atomic E-state index is 0.361. The van der Waals surface area contributed by atoms with Gasteiger partial charge in [0, 0.05) is 6.54 Å². The average Bonchev–Trinajstić information content (AvgIpc) is 2.58. The van der Waals surface area contributed by atoms with E-state index in [0.717, 1.165) is 6.54 Å². The quantitative estimate of drug-likeness (QED) is 0.827. The Bertz CT molecular complexity index is 298. The van der Waals surface area contributed by atoms with E-state index < -0.39 is 12.8 Å². The van der Waals surface area contributed by atoms with Crippen LogP contribution in [0.3, 0.4) is 0 Å². The Labute approximate surface area is 84.4 Å². The molecule has 0 saturated heterocycles. The predicted molar refractivity (Wildman–Crippen MR) is 45.4 cm³/mol. The van der Waals surface area contributed by atoms with Gasteiger partial charge in [0.25, 0.3) is 0 Å². The van der Waals surface area contributed by atoms with Crippen LogP contribution in [-0.2, 0) is 6.54 Å². The number of oxazole rings is 1. The molecule has 0 unspecified atom stereocenters. The number of nitrogens with zero attached hydrogens (tertiary/aromatic N) is 1. The number of halogens is 3. The minimum atomic E-state index is -4.38. The fourth-order valence-electron chi connectivity index (χ4n) is 0.833. The van der Waals surface area contributed by atoms with Crippen molar-refractivity contribution < 1.29 is 22.3 Å². The maximum atomic E-state index is 11.7. The number of hydrogen-bond acceptors (Lipinski definition) is 4. The number of alkyl halides is 3. The molecule has 1 aromatic heterocycles. The van der Waals surface area contributed by atoms with Crippen LogP contribution < -0.4 is 10.1 Å². The van der Waals surface area contributed by atoms with Gasteiger partial charge in [-0.3, -0.25) is 0 Å². The van der Waals surface area contributed by atoms with Gasteiger partial charge in [-0.1, -0.05) is 6.92 Å². The Balaban J connectivity index is 2.39. The molecule has 0 aliphatic heterocycles. The summed E-state index contributed by atoms with van der Waals surface area (Å²) in [7, 11) is 0. The highest BCUT2D eigenvalue weighted by molar-refractivity contribution is 4.99. The van der Waals surface area contributed by atoms with Crippen molar-refractivity contribution in [2.45, 2.75) is 19.6 Å². The molecule has 0 radical (unpaired) electrons. The van der Waals surface area contributed by atoms with Gasteiger partial charge in [0.1, 0.15) is 6.26 Å². The van der Waals surface area contributed by atoms with Crippen molar-refractivity contribution in [3.8, 4) is 6.08 Å². The maximum absolute atomic E-state index is 11.7. The van der Waals surface area contributed by atoms with Crippen LogP contribution >= 0.6 is 0 Å². The number of aromatic nitrogens is 1. The van der Waals surface area contributed by atoms with Gasteiger partial charge in [0.2, 0.25) is 0 Å². The van der Waals surface area contributed by atoms with Gasteiger partial charge >= 0.3 is 12.3 Å². The molecule has 1 aromatic rings. The van der Waals surface area contributed by atoms with Crippen molar-refractivity contribution in [2.75, 3.05) is 13.2 Å². The van der Waals surface area contributed by atoms with Gasteiger partial charge in [0.15, 0.2) is 6.61 Å². The summed E-state index contributed by atoms with van der Waals surface area (Å²) in [6, 6.07) is 0. The van der Waals surface area contributed by atoms with Gasteiger partial charge < -0.3 is 14.5 Å². The van der Waals surface area contributed by atoms with Crippen molar-refractivity contribution in [1.29, 1.82) is 0 Å². The van der Waals surface area contributed by atoms with E-state index in [1.165, 1.54) is 6.26 Å². The largest absolute Gasteiger partial charge is 0.441 e. The van der Waals surface area contributed by atoms with Crippen LogP contribution in [0.1, 0.15) is 12.6 Å². The van der Waals surface area contributed by atoms with Crippen LogP contribution in [0.15, 0.2) is 10.7 Å². The Morgan fingerprint density at radius 3 is 2.87 bits per heavy atom. The van der Waals surface area contributed by atoms with Crippen molar-refractivity contribution in [1.82, 2.24) is 10.3 Å². The average molecular weight is 224 g/mol. The van der Waals surface area contributed by atoms with E-state index in [4.69, 9.17) is 0 Å². The lowest BCUT2D eigenvalue weighted by molar-refractivity contribution is -0.156. The van der Waals surface area contributed by atoms with E-state index in [0.29, 0.717) is 12.2 Å². The van der Waals surface area contributed by atoms with E-state index in [-0.39, 0.29) is 6.08 Å². The lowest BCUT2D eigenvalue weighted by atomic mass is 10.5. The summed E-state index contributed by atoms with van der Waals surface area (Å²) in [5.74, 6) is 0. The number of nitrogens with one attached hydrogen (secondary N) is 1. The van der Waals surface area contributed by atoms with Crippen molar-refractivity contribution in [3.63, 3.8) is 0 Å². The summed E-state index contributed by atoms with van der Waals surface area (Å²) < 4.78 is 44.2. The van der Waals surface area contributed by atoms with Gasteiger partial charge in [-0.05, 0) is 6.54 Å². The SMILES string of the molecule is CCNCc1coc(OCC(F)(F)F)n1. The van der Waals surface area contributed by atoms with Gasteiger partial charge in [-0.25, -0.2) is 0 Å². The molecule has 0 bridgehead atoms. The van der Waals surface area contributed by atoms with Gasteiger partial charge in [-0.15, -0.1) is 0 Å². The Morgan fingerprint density at radius 1 is 1.53 bits per heavy atom. The lowest BCUT2D eigenvalue weighted by Gasteiger charge is -2.04. The third kappa shape index (κ3) is 4.68. The fourth-order valence-corrected chi connectivity index (χ4v) is 0.833. The smallest absolute Gasteiger partial charge is 0.422 e. The van der Waals surface area contributed by atoms with Crippen LogP contribution in [0.2, 0.25) is 0 Å². The second-order valence-corrected chi connectivity index (χ2v) is 2.79. The van der Waals surface area contributed by atoms with E-state index in [1.807, 2.05) is 6.92 Å². The second-order valence-electron chi connectivity index (χ2n) is 2.79. The molecule has 0 aromatic carbocycles. The first-order valence-electron chi connectivity index (χ1n) is 4.36. The third-order valence-corrected chi connectivity index (χ3v) is 1.45. The number of ether oxygens (including phenoxy) is 1. The molecule has 0 spiro atoms. The summed E-state index contributed by atoms with van der Waals surface area (Å²) in [5.41, 5.74) is 0.508. The number of rotatable bonds is 5. The molecule has 0 aliphatic rings. The summed E-state index contributed by atoms with van der Waals surface area (Å²) in [4.78, 5) is 3.70. The van der Waals surface area contributed by atoms with Crippen molar-refractivity contribution in [3.05, 3.63) is 12.0 Å². The standard InChI is InChI=1S/C8H11F3N2O2/c1-2-12-3-6-4-14-7(13-6)15-5-8(9,10)11/h4,12H,2-3,5H2,1H3. The molecule has 1 N–H and O–H groups in total. The van der Waals surface area contributed by atoms with E-state index in [1.54, 1.807) is 0 Å². The third-order valence-electron chi connectivity index (χ3n) is 1.45. The van der Waals surface area contributed by atoms with Crippen LogP contribution in [0.4, 0.5) is 13.2 Å². The maximum Gasteiger partial charge on any atom is 0.422 e. The van der Waals surface area contributed by atoms with E-state index >= 15 is 0 Å². The molecule has 0 fully saturated rings. The van der Waals surface area contributed by atoms with Crippen LogP contribution in [0.25, 0.3) is 0 Å². The van der Waals surface area contributed by atoms with Gasteiger partial charge in [0.05, 0.1) is 5.69 Å². The highest BCUT2D eigenvalue weighted by Gasteiger charge is 2.29. The molecular weight excluding hydrogens is 213 g/mol. The molecule has 1 heterocycles. The molecule has 0 amide bonds. The summed E-state index contributed by atoms with van der Waals surface area (Å²) in [5, 5.41) is 2.95. The summed E-state index contributed by atoms with van der Waals surface area (Å²) in [6.45, 7) is 1.69. The highest BCUT2D eigenvalue weighted by Crippen LogP contribution is 2.17. The minimum Gasteiger partial charge on any atom is -0.441 e. The molecule has 86 valence electrons. The topological polar surface area (TPSA) is 47.3 Å². The van der Waals surface area contributed by atoms with Crippen LogP contribution in [0.5, 0.6) is 6.08 Å². The Hall–Kier alpha value is -1.24. The summed E-state index contributed by atoms with van der Waals surface area (Å²) in [6.07, 6.45) is -3.48. The number of hydrogen-bond donors (Lipinski definition) is 1. The molecule has 7 heteroatoms. The molecular formula is C8H11F3N2O2. The van der Waals surface area contributed by atoms with Crippen molar-refractivity contribution >= 4 is 0 Å². The zero-order chi connectivity index (χ0) is 11.3. The summed E-state index contributed by atoms with van der Waals surface area (Å²) >= 11 is 0. The lowest BCUT2D eigenvalue weighted by Crippen LogP contribution is -2.19. The van der Waals surface area contributed by atoms with Gasteiger partial charge in [-0.2, -0.15) is 18.2 Å². The first kappa shape index (κ1) is 11.8. The first-order chi connectivity index (χ1) is 7.01. The zero-order valence-corrected chi connectivity index (χ0v) is 8.10.